The number of aromatic nitrogens is 1. The molecule has 1 spiro atoms. The molecule has 4 amide bonds. The summed E-state index contributed by atoms with van der Waals surface area (Å²) < 4.78 is 5.44. The zero-order valence-corrected chi connectivity index (χ0v) is 24.4. The molecule has 11 heteroatoms. The van der Waals surface area contributed by atoms with Crippen molar-refractivity contribution >= 4 is 40.2 Å². The van der Waals surface area contributed by atoms with Gasteiger partial charge in [-0.1, -0.05) is 6.07 Å². The average molecular weight is 568 g/mol. The van der Waals surface area contributed by atoms with E-state index in [2.05, 4.69) is 15.2 Å². The van der Waals surface area contributed by atoms with Gasteiger partial charge in [0.2, 0.25) is 11.8 Å². The predicted molar refractivity (Wildman–Crippen MR) is 152 cm³/mol. The molecule has 0 aromatic carbocycles. The van der Waals surface area contributed by atoms with Crippen molar-refractivity contribution in [2.45, 2.75) is 64.5 Å². The Bertz CT molecular complexity index is 1300. The number of amides is 4. The highest BCUT2D eigenvalue weighted by molar-refractivity contribution is 7.20. The van der Waals surface area contributed by atoms with E-state index in [1.807, 2.05) is 23.1 Å². The molecule has 3 aliphatic rings. The molecule has 40 heavy (non-hydrogen) atoms. The molecular formula is C29H37N5O5S. The fourth-order valence-corrected chi connectivity index (χ4v) is 7.04. The number of nitrogens with one attached hydrogen (secondary N) is 1. The van der Waals surface area contributed by atoms with Crippen LogP contribution in [0.5, 0.6) is 0 Å². The van der Waals surface area contributed by atoms with Gasteiger partial charge in [-0.25, -0.2) is 4.79 Å². The van der Waals surface area contributed by atoms with Gasteiger partial charge in [0.1, 0.15) is 10.6 Å². The van der Waals surface area contributed by atoms with Gasteiger partial charge in [0.25, 0.3) is 5.91 Å². The second-order valence-electron chi connectivity index (χ2n) is 12.0. The Kier molecular flexibility index (Phi) is 7.71. The van der Waals surface area contributed by atoms with Crippen LogP contribution in [-0.2, 0) is 14.3 Å². The summed E-state index contributed by atoms with van der Waals surface area (Å²) in [5.41, 5.74) is -0.124. The normalized spacial score (nSPS) is 22.7. The molecule has 0 saturated carbocycles. The summed E-state index contributed by atoms with van der Waals surface area (Å²) in [7, 11) is 1.58. The number of carbonyl (C=O) groups is 4. The van der Waals surface area contributed by atoms with Gasteiger partial charge in [0.15, 0.2) is 0 Å². The highest BCUT2D eigenvalue weighted by Gasteiger charge is 2.52. The Morgan fingerprint density at radius 3 is 2.52 bits per heavy atom. The van der Waals surface area contributed by atoms with E-state index in [1.165, 1.54) is 16.2 Å². The van der Waals surface area contributed by atoms with Crippen LogP contribution >= 0.6 is 11.3 Å². The van der Waals surface area contributed by atoms with E-state index in [-0.39, 0.29) is 23.8 Å². The number of nitrogens with zero attached hydrogens (tertiary/aromatic N) is 4. The lowest BCUT2D eigenvalue weighted by Gasteiger charge is -2.45. The molecule has 3 saturated heterocycles. The molecule has 5 rings (SSSR count). The standard InChI is InChI=1S/C29H37N5O5S/c1-28(2,3)39-27(38)31-24-20(16-22(40-24)21-8-5-6-12-30-21)25(36)33-14-9-19(10-15-33)34-13-7-11-29(18-34)17-23(35)32(4)26(29)37/h5-6,8,12,16,19H,7,9-11,13-15,17-18H2,1-4H3,(H,31,38). The molecule has 0 aliphatic carbocycles. The highest BCUT2D eigenvalue weighted by Crippen LogP contribution is 2.42. The largest absolute Gasteiger partial charge is 0.444 e. The van der Waals surface area contributed by atoms with Crippen LogP contribution in [0.3, 0.4) is 0 Å². The zero-order chi connectivity index (χ0) is 28.7. The quantitative estimate of drug-likeness (QED) is 0.550. The van der Waals surface area contributed by atoms with Gasteiger partial charge in [-0.2, -0.15) is 0 Å². The lowest BCUT2D eigenvalue weighted by molar-refractivity contribution is -0.141. The van der Waals surface area contributed by atoms with Gasteiger partial charge in [0.05, 0.1) is 21.5 Å². The van der Waals surface area contributed by atoms with Gasteiger partial charge in [-0.15, -0.1) is 11.3 Å². The van der Waals surface area contributed by atoms with Crippen molar-refractivity contribution in [3.8, 4) is 10.6 Å². The monoisotopic (exact) mass is 567 g/mol. The Labute approximate surface area is 238 Å². The summed E-state index contributed by atoms with van der Waals surface area (Å²) in [6.45, 7) is 8.01. The third-order valence-corrected chi connectivity index (χ3v) is 9.06. The zero-order valence-electron chi connectivity index (χ0n) is 23.6. The van der Waals surface area contributed by atoms with Crippen molar-refractivity contribution in [3.63, 3.8) is 0 Å². The molecule has 2 aromatic rings. The first-order valence-corrected chi connectivity index (χ1v) is 14.7. The molecule has 1 atom stereocenters. The molecule has 2 aromatic heterocycles. The number of pyridine rings is 1. The van der Waals surface area contributed by atoms with Crippen molar-refractivity contribution in [3.05, 3.63) is 36.0 Å². The number of thiophene rings is 1. The number of likely N-dealkylation sites (tertiary alicyclic amines) is 3. The topological polar surface area (TPSA) is 112 Å². The van der Waals surface area contributed by atoms with E-state index in [0.717, 1.165) is 42.8 Å². The number of anilines is 1. The number of hydrogen-bond donors (Lipinski definition) is 1. The summed E-state index contributed by atoms with van der Waals surface area (Å²) in [6, 6.07) is 7.63. The molecule has 5 heterocycles. The lowest BCUT2D eigenvalue weighted by Crippen LogP contribution is -2.54. The van der Waals surface area contributed by atoms with E-state index in [4.69, 9.17) is 4.74 Å². The first-order chi connectivity index (χ1) is 19.0. The minimum atomic E-state index is -0.671. The smallest absolute Gasteiger partial charge is 0.412 e. The van der Waals surface area contributed by atoms with Crippen LogP contribution in [0.25, 0.3) is 10.6 Å². The van der Waals surface area contributed by atoms with Gasteiger partial charge >= 0.3 is 6.09 Å². The summed E-state index contributed by atoms with van der Waals surface area (Å²) in [4.78, 5) is 62.2. The van der Waals surface area contributed by atoms with Gasteiger partial charge in [0, 0.05) is 45.3 Å². The average Bonchev–Trinajstić information content (AvgIpc) is 3.42. The third-order valence-electron chi connectivity index (χ3n) is 7.99. The minimum absolute atomic E-state index is 0.0546. The minimum Gasteiger partial charge on any atom is -0.444 e. The summed E-state index contributed by atoms with van der Waals surface area (Å²) in [5.74, 6) is -0.291. The maximum atomic E-state index is 13.8. The number of carbonyl (C=O) groups excluding carboxylic acids is 4. The van der Waals surface area contributed by atoms with E-state index in [9.17, 15) is 19.2 Å². The predicted octanol–water partition coefficient (Wildman–Crippen LogP) is 4.23. The highest BCUT2D eigenvalue weighted by atomic mass is 32.1. The van der Waals surface area contributed by atoms with Crippen LogP contribution in [0.4, 0.5) is 9.80 Å². The number of ether oxygens (including phenoxy) is 1. The maximum absolute atomic E-state index is 13.8. The fraction of sp³-hybridized carbons (Fsp3) is 0.552. The Morgan fingerprint density at radius 1 is 1.15 bits per heavy atom. The Hall–Kier alpha value is -3.31. The molecule has 3 aliphatic heterocycles. The van der Waals surface area contributed by atoms with Crippen LogP contribution in [0, 0.1) is 5.41 Å². The summed E-state index contributed by atoms with van der Waals surface area (Å²) in [5, 5.41) is 3.23. The molecule has 3 fully saturated rings. The van der Waals surface area contributed by atoms with Crippen molar-refractivity contribution in [1.29, 1.82) is 0 Å². The van der Waals surface area contributed by atoms with E-state index >= 15 is 0 Å². The number of rotatable bonds is 4. The molecule has 214 valence electrons. The van der Waals surface area contributed by atoms with E-state index in [0.29, 0.717) is 36.6 Å². The van der Waals surface area contributed by atoms with Crippen LogP contribution in [-0.4, -0.2) is 88.4 Å². The SMILES string of the molecule is CN1C(=O)CC2(CCCN(C3CCN(C(=O)c4cc(-c5ccccn5)sc4NC(=O)OC(C)(C)C)CC3)C2)C1=O. The fourth-order valence-electron chi connectivity index (χ4n) is 6.03. The molecule has 0 bridgehead atoms. The van der Waals surface area contributed by atoms with Crippen LogP contribution < -0.4 is 5.32 Å². The van der Waals surface area contributed by atoms with Crippen LogP contribution in [0.15, 0.2) is 30.5 Å². The van der Waals surface area contributed by atoms with Gasteiger partial charge in [-0.05, 0) is 71.2 Å². The van der Waals surface area contributed by atoms with Crippen molar-refractivity contribution < 1.29 is 23.9 Å². The van der Waals surface area contributed by atoms with Gasteiger partial charge in [-0.3, -0.25) is 34.5 Å². The number of imide groups is 1. The molecular weight excluding hydrogens is 530 g/mol. The van der Waals surface area contributed by atoms with Crippen molar-refractivity contribution in [1.82, 2.24) is 19.7 Å². The first-order valence-electron chi connectivity index (χ1n) is 13.9. The Morgan fingerprint density at radius 2 is 1.90 bits per heavy atom. The number of hydrogen-bond acceptors (Lipinski definition) is 8. The Balaban J connectivity index is 1.28. The van der Waals surface area contributed by atoms with Crippen molar-refractivity contribution in [2.75, 3.05) is 38.5 Å². The van der Waals surface area contributed by atoms with Crippen molar-refractivity contribution in [2.24, 2.45) is 5.41 Å². The second kappa shape index (κ2) is 10.9. The maximum Gasteiger partial charge on any atom is 0.412 e. The molecule has 10 nitrogen and oxygen atoms in total. The molecule has 1 N–H and O–H groups in total. The molecule has 1 unspecified atom stereocenters. The van der Waals surface area contributed by atoms with Crippen LogP contribution in [0.2, 0.25) is 0 Å². The number of piperidine rings is 2. The lowest BCUT2D eigenvalue weighted by atomic mass is 9.77. The third kappa shape index (κ3) is 5.76. The van der Waals surface area contributed by atoms with E-state index < -0.39 is 17.1 Å². The summed E-state index contributed by atoms with van der Waals surface area (Å²) in [6.07, 6.45) is 4.58. The summed E-state index contributed by atoms with van der Waals surface area (Å²) >= 11 is 1.30. The van der Waals surface area contributed by atoms with E-state index in [1.54, 1.807) is 40.1 Å². The second-order valence-corrected chi connectivity index (χ2v) is 13.1. The first kappa shape index (κ1) is 28.2. The van der Waals surface area contributed by atoms with Gasteiger partial charge < -0.3 is 9.64 Å². The molecule has 0 radical (unpaired) electrons. The van der Waals surface area contributed by atoms with Crippen LogP contribution in [0.1, 0.15) is 63.2 Å².